The number of carbonyl (C=O) groups excluding carboxylic acids is 2. The summed E-state index contributed by atoms with van der Waals surface area (Å²) in [5.41, 5.74) is 1.15. The average molecular weight is 497 g/mol. The Hall–Kier alpha value is -3.56. The predicted molar refractivity (Wildman–Crippen MR) is 133 cm³/mol. The molecule has 2 aromatic carbocycles. The fraction of sp³-hybridized carbons (Fsp3) is 0.167. The summed E-state index contributed by atoms with van der Waals surface area (Å²) in [5.74, 6) is 0.0739. The number of hydrogen-bond donors (Lipinski definition) is 2. The summed E-state index contributed by atoms with van der Waals surface area (Å²) in [6.45, 7) is 2.52. The lowest BCUT2D eigenvalue weighted by Crippen LogP contribution is -2.25. The van der Waals surface area contributed by atoms with E-state index in [2.05, 4.69) is 15.6 Å². The molecule has 2 N–H and O–H groups in total. The Labute approximate surface area is 204 Å². The van der Waals surface area contributed by atoms with Crippen molar-refractivity contribution in [2.45, 2.75) is 18.6 Å². The van der Waals surface area contributed by atoms with Gasteiger partial charge in [0.25, 0.3) is 11.5 Å². The van der Waals surface area contributed by atoms with Gasteiger partial charge in [-0.15, -0.1) is 0 Å². The van der Waals surface area contributed by atoms with Gasteiger partial charge >= 0.3 is 0 Å². The number of furan rings is 1. The van der Waals surface area contributed by atoms with Crippen LogP contribution >= 0.6 is 23.4 Å². The Bertz CT molecular complexity index is 1400. The second kappa shape index (κ2) is 10.6. The van der Waals surface area contributed by atoms with Crippen LogP contribution in [0.3, 0.4) is 0 Å². The number of anilines is 1. The third kappa shape index (κ3) is 5.49. The first-order valence-electron chi connectivity index (χ1n) is 10.5. The van der Waals surface area contributed by atoms with Gasteiger partial charge in [-0.25, -0.2) is 4.98 Å². The van der Waals surface area contributed by atoms with E-state index >= 15 is 0 Å². The van der Waals surface area contributed by atoms with Crippen molar-refractivity contribution in [1.29, 1.82) is 0 Å². The fourth-order valence-electron chi connectivity index (χ4n) is 3.31. The molecule has 2 aromatic heterocycles. The molecule has 0 atom stereocenters. The number of nitrogens with one attached hydrogen (secondary N) is 2. The van der Waals surface area contributed by atoms with Crippen molar-refractivity contribution in [3.8, 4) is 0 Å². The molecule has 0 aliphatic carbocycles. The second-order valence-corrected chi connectivity index (χ2v) is 8.68. The molecule has 2 amide bonds. The van der Waals surface area contributed by atoms with E-state index in [0.29, 0.717) is 44.6 Å². The molecule has 0 aliphatic rings. The predicted octanol–water partition coefficient (Wildman–Crippen LogP) is 4.17. The Morgan fingerprint density at radius 2 is 2.00 bits per heavy atom. The number of amides is 2. The monoisotopic (exact) mass is 496 g/mol. The Morgan fingerprint density at radius 3 is 2.76 bits per heavy atom. The summed E-state index contributed by atoms with van der Waals surface area (Å²) >= 11 is 7.21. The van der Waals surface area contributed by atoms with E-state index in [0.717, 1.165) is 11.8 Å². The second-order valence-electron chi connectivity index (χ2n) is 7.30. The van der Waals surface area contributed by atoms with Gasteiger partial charge in [-0.1, -0.05) is 29.4 Å². The maximum atomic E-state index is 13.2. The molecule has 10 heteroatoms. The molecule has 2 heterocycles. The van der Waals surface area contributed by atoms with Crippen molar-refractivity contribution in [3.63, 3.8) is 0 Å². The highest BCUT2D eigenvalue weighted by Gasteiger charge is 2.15. The third-order valence-electron chi connectivity index (χ3n) is 4.85. The Kier molecular flexibility index (Phi) is 7.34. The normalized spacial score (nSPS) is 10.9. The van der Waals surface area contributed by atoms with Crippen LogP contribution in [0.4, 0.5) is 5.69 Å². The zero-order valence-corrected chi connectivity index (χ0v) is 19.8. The molecule has 0 aliphatic heterocycles. The number of rotatable bonds is 8. The van der Waals surface area contributed by atoms with Crippen LogP contribution in [0, 0.1) is 0 Å². The summed E-state index contributed by atoms with van der Waals surface area (Å²) in [6, 6.07) is 15.1. The number of benzene rings is 2. The van der Waals surface area contributed by atoms with Gasteiger partial charge in [0, 0.05) is 22.8 Å². The minimum atomic E-state index is -0.303. The summed E-state index contributed by atoms with van der Waals surface area (Å²) in [7, 11) is 0. The van der Waals surface area contributed by atoms with Gasteiger partial charge in [0.05, 0.1) is 29.5 Å². The molecule has 8 nitrogen and oxygen atoms in total. The minimum absolute atomic E-state index is 0.00203. The fourth-order valence-corrected chi connectivity index (χ4v) is 4.27. The van der Waals surface area contributed by atoms with E-state index in [1.807, 2.05) is 6.92 Å². The average Bonchev–Trinajstić information content (AvgIpc) is 3.33. The zero-order chi connectivity index (χ0) is 24.1. The molecule has 4 aromatic rings. The smallest absolute Gasteiger partial charge is 0.262 e. The zero-order valence-electron chi connectivity index (χ0n) is 18.2. The largest absolute Gasteiger partial charge is 0.467 e. The number of fused-ring (bicyclic) bond motifs is 1. The van der Waals surface area contributed by atoms with Crippen molar-refractivity contribution in [2.75, 3.05) is 17.6 Å². The molecule has 0 radical (unpaired) electrons. The first kappa shape index (κ1) is 23.6. The van der Waals surface area contributed by atoms with Crippen molar-refractivity contribution in [1.82, 2.24) is 14.9 Å². The van der Waals surface area contributed by atoms with Crippen LogP contribution in [0.25, 0.3) is 10.9 Å². The van der Waals surface area contributed by atoms with E-state index < -0.39 is 0 Å². The van der Waals surface area contributed by atoms with Crippen LogP contribution < -0.4 is 16.2 Å². The molecule has 0 saturated heterocycles. The number of carbonyl (C=O) groups is 2. The van der Waals surface area contributed by atoms with Crippen LogP contribution in [-0.2, 0) is 11.3 Å². The molecule has 0 fully saturated rings. The topological polar surface area (TPSA) is 106 Å². The quantitative estimate of drug-likeness (QED) is 0.280. The summed E-state index contributed by atoms with van der Waals surface area (Å²) < 4.78 is 6.88. The van der Waals surface area contributed by atoms with Gasteiger partial charge in [-0.3, -0.25) is 19.0 Å². The minimum Gasteiger partial charge on any atom is -0.467 e. The molecule has 34 heavy (non-hydrogen) atoms. The Morgan fingerprint density at radius 1 is 1.15 bits per heavy atom. The van der Waals surface area contributed by atoms with E-state index in [9.17, 15) is 14.4 Å². The van der Waals surface area contributed by atoms with Crippen molar-refractivity contribution < 1.29 is 14.0 Å². The van der Waals surface area contributed by atoms with Crippen molar-refractivity contribution >= 4 is 51.8 Å². The van der Waals surface area contributed by atoms with Gasteiger partial charge in [-0.2, -0.15) is 0 Å². The molecular weight excluding hydrogens is 476 g/mol. The summed E-state index contributed by atoms with van der Waals surface area (Å²) in [4.78, 5) is 42.4. The molecule has 0 saturated carbocycles. The lowest BCUT2D eigenvalue weighted by atomic mass is 10.2. The van der Waals surface area contributed by atoms with Crippen LogP contribution in [0.1, 0.15) is 23.0 Å². The van der Waals surface area contributed by atoms with Crippen LogP contribution in [0.5, 0.6) is 0 Å². The number of nitrogens with zero attached hydrogens (tertiary/aromatic N) is 2. The van der Waals surface area contributed by atoms with Crippen molar-refractivity contribution in [2.24, 2.45) is 0 Å². The van der Waals surface area contributed by atoms with Gasteiger partial charge in [0.2, 0.25) is 5.91 Å². The van der Waals surface area contributed by atoms with Crippen molar-refractivity contribution in [3.05, 3.63) is 87.6 Å². The van der Waals surface area contributed by atoms with E-state index in [-0.39, 0.29) is 29.7 Å². The standard InChI is InChI=1S/C24H21ClN4O4S/c1-2-26-22(31)15-5-3-6-17(11-15)27-21(30)14-34-24-28-20-12-16(25)8-9-19(20)23(32)29(24)13-18-7-4-10-33-18/h3-12H,2,13-14H2,1H3,(H,26,31)(H,27,30). The highest BCUT2D eigenvalue weighted by Crippen LogP contribution is 2.22. The van der Waals surface area contributed by atoms with E-state index in [1.165, 1.54) is 10.8 Å². The van der Waals surface area contributed by atoms with E-state index in [1.54, 1.807) is 54.6 Å². The van der Waals surface area contributed by atoms with E-state index in [4.69, 9.17) is 16.0 Å². The first-order valence-corrected chi connectivity index (χ1v) is 11.8. The molecule has 0 spiro atoms. The van der Waals surface area contributed by atoms with Crippen LogP contribution in [-0.4, -0.2) is 33.7 Å². The van der Waals surface area contributed by atoms with Gasteiger partial charge < -0.3 is 15.1 Å². The maximum Gasteiger partial charge on any atom is 0.262 e. The number of aromatic nitrogens is 2. The molecule has 0 bridgehead atoms. The summed E-state index contributed by atoms with van der Waals surface area (Å²) in [5, 5.41) is 6.75. The number of hydrogen-bond acceptors (Lipinski definition) is 6. The van der Waals surface area contributed by atoms with Crippen LogP contribution in [0.2, 0.25) is 5.02 Å². The molecule has 4 rings (SSSR count). The van der Waals surface area contributed by atoms with Gasteiger partial charge in [0.1, 0.15) is 5.76 Å². The first-order chi connectivity index (χ1) is 16.4. The number of thioether (sulfide) groups is 1. The van der Waals surface area contributed by atoms with Gasteiger partial charge in [0.15, 0.2) is 5.16 Å². The van der Waals surface area contributed by atoms with Crippen LogP contribution in [0.15, 0.2) is 75.2 Å². The molecular formula is C24H21ClN4O4S. The summed E-state index contributed by atoms with van der Waals surface area (Å²) in [6.07, 6.45) is 1.53. The Balaban J connectivity index is 1.55. The molecule has 0 unspecified atom stereocenters. The SMILES string of the molecule is CCNC(=O)c1cccc(NC(=O)CSc2nc3cc(Cl)ccc3c(=O)n2Cc2ccco2)c1. The third-order valence-corrected chi connectivity index (χ3v) is 6.07. The number of halogens is 1. The maximum absolute atomic E-state index is 13.2. The highest BCUT2D eigenvalue weighted by atomic mass is 35.5. The lowest BCUT2D eigenvalue weighted by Gasteiger charge is -2.12. The lowest BCUT2D eigenvalue weighted by molar-refractivity contribution is -0.113. The molecule has 174 valence electrons. The highest BCUT2D eigenvalue weighted by molar-refractivity contribution is 7.99. The van der Waals surface area contributed by atoms with Gasteiger partial charge in [-0.05, 0) is 55.5 Å².